The van der Waals surface area contributed by atoms with Crippen LogP contribution in [0.15, 0.2) is 18.2 Å². The second-order valence-corrected chi connectivity index (χ2v) is 7.83. The number of benzene rings is 1. The van der Waals surface area contributed by atoms with Crippen molar-refractivity contribution >= 4 is 23.9 Å². The molecule has 9 nitrogen and oxygen atoms in total. The van der Waals surface area contributed by atoms with Gasteiger partial charge in [-0.1, -0.05) is 19.9 Å². The molecular weight excluding hydrogens is 406 g/mol. The molecule has 0 aliphatic carbocycles. The van der Waals surface area contributed by atoms with Crippen LogP contribution in [0.5, 0.6) is 11.5 Å². The summed E-state index contributed by atoms with van der Waals surface area (Å²) in [5.41, 5.74) is 6.34. The topological polar surface area (TPSA) is 142 Å². The van der Waals surface area contributed by atoms with Gasteiger partial charge in [0.05, 0.1) is 6.10 Å². The van der Waals surface area contributed by atoms with Gasteiger partial charge in [0, 0.05) is 26.2 Å². The van der Waals surface area contributed by atoms with E-state index >= 15 is 0 Å². The van der Waals surface area contributed by atoms with E-state index in [2.05, 4.69) is 0 Å². The largest absolute Gasteiger partial charge is 0.480 e. The number of aliphatic carboxylic acids is 1. The van der Waals surface area contributed by atoms with Gasteiger partial charge in [0.15, 0.2) is 11.5 Å². The van der Waals surface area contributed by atoms with Crippen molar-refractivity contribution in [3.05, 3.63) is 23.8 Å². The highest BCUT2D eigenvalue weighted by Gasteiger charge is 2.30. The van der Waals surface area contributed by atoms with Gasteiger partial charge in [-0.05, 0) is 43.4 Å². The van der Waals surface area contributed by atoms with E-state index in [9.17, 15) is 24.3 Å². The summed E-state index contributed by atoms with van der Waals surface area (Å²) in [6.45, 7) is 8.04. The summed E-state index contributed by atoms with van der Waals surface area (Å²) < 4.78 is 15.6. The number of esters is 3. The smallest absolute Gasteiger partial charge is 0.321 e. The van der Waals surface area contributed by atoms with Crippen LogP contribution < -0.4 is 15.2 Å². The molecule has 0 heterocycles. The second-order valence-electron chi connectivity index (χ2n) is 7.83. The molecule has 0 saturated carbocycles. The number of hydrogen-bond acceptors (Lipinski definition) is 8. The summed E-state index contributed by atoms with van der Waals surface area (Å²) in [4.78, 5) is 46.4. The first-order chi connectivity index (χ1) is 14.4. The molecule has 3 atom stereocenters. The molecule has 0 fully saturated rings. The van der Waals surface area contributed by atoms with Crippen LogP contribution in [0.1, 0.15) is 65.4 Å². The number of carboxylic acid groups (broad SMARTS) is 1. The maximum Gasteiger partial charge on any atom is 0.321 e. The van der Waals surface area contributed by atoms with Crippen LogP contribution in [0, 0.1) is 5.92 Å². The molecule has 0 saturated heterocycles. The van der Waals surface area contributed by atoms with Crippen molar-refractivity contribution in [2.75, 3.05) is 0 Å². The maximum absolute atomic E-state index is 12.0. The second kappa shape index (κ2) is 12.0. The van der Waals surface area contributed by atoms with Crippen LogP contribution in [0.25, 0.3) is 0 Å². The van der Waals surface area contributed by atoms with Crippen LogP contribution in [-0.4, -0.2) is 41.1 Å². The first-order valence-corrected chi connectivity index (χ1v) is 10.1. The predicted octanol–water partition coefficient (Wildman–Crippen LogP) is 2.79. The molecule has 0 aliphatic rings. The Morgan fingerprint density at radius 3 is 2.10 bits per heavy atom. The Bertz CT molecular complexity index is 805. The van der Waals surface area contributed by atoms with E-state index in [-0.39, 0.29) is 30.3 Å². The highest BCUT2D eigenvalue weighted by molar-refractivity contribution is 5.76. The van der Waals surface area contributed by atoms with Crippen LogP contribution in [0.4, 0.5) is 0 Å². The minimum Gasteiger partial charge on any atom is -0.480 e. The summed E-state index contributed by atoms with van der Waals surface area (Å²) in [5, 5.41) is 9.45. The highest BCUT2D eigenvalue weighted by atomic mass is 16.6. The molecule has 3 N–H and O–H groups in total. The van der Waals surface area contributed by atoms with Crippen LogP contribution in [0.3, 0.4) is 0 Å². The van der Waals surface area contributed by atoms with E-state index < -0.39 is 36.0 Å². The van der Waals surface area contributed by atoms with Crippen molar-refractivity contribution in [1.82, 2.24) is 0 Å². The van der Waals surface area contributed by atoms with Crippen LogP contribution >= 0.6 is 0 Å². The van der Waals surface area contributed by atoms with Gasteiger partial charge >= 0.3 is 23.9 Å². The predicted molar refractivity (Wildman–Crippen MR) is 112 cm³/mol. The fourth-order valence-electron chi connectivity index (χ4n) is 2.99. The average Bonchev–Trinajstić information content (AvgIpc) is 2.64. The number of carbonyl (C=O) groups excluding carboxylic acids is 3. The average molecular weight is 437 g/mol. The number of nitrogens with two attached hydrogens (primary N) is 1. The Morgan fingerprint density at radius 1 is 1.00 bits per heavy atom. The van der Waals surface area contributed by atoms with Crippen molar-refractivity contribution in [2.24, 2.45) is 11.7 Å². The van der Waals surface area contributed by atoms with E-state index in [0.29, 0.717) is 17.9 Å². The van der Waals surface area contributed by atoms with Crippen molar-refractivity contribution in [1.29, 1.82) is 0 Å². The monoisotopic (exact) mass is 437 g/mol. The molecule has 9 heteroatoms. The zero-order valence-corrected chi connectivity index (χ0v) is 18.5. The Morgan fingerprint density at radius 2 is 1.58 bits per heavy atom. The third-order valence-electron chi connectivity index (χ3n) is 4.47. The molecule has 2 unspecified atom stereocenters. The van der Waals surface area contributed by atoms with Crippen molar-refractivity contribution in [3.63, 3.8) is 0 Å². The van der Waals surface area contributed by atoms with E-state index in [1.165, 1.54) is 32.0 Å². The van der Waals surface area contributed by atoms with Gasteiger partial charge in [-0.3, -0.25) is 19.2 Å². The van der Waals surface area contributed by atoms with Gasteiger partial charge in [0.1, 0.15) is 6.04 Å². The minimum absolute atomic E-state index is 0.0160. The first kappa shape index (κ1) is 26.1. The van der Waals surface area contributed by atoms with E-state index in [1.807, 2.05) is 13.8 Å². The summed E-state index contributed by atoms with van der Waals surface area (Å²) >= 11 is 0. The van der Waals surface area contributed by atoms with E-state index in [0.717, 1.165) is 0 Å². The molecule has 0 aromatic heterocycles. The molecular formula is C22H31NO8. The molecule has 0 bridgehead atoms. The van der Waals surface area contributed by atoms with Crippen molar-refractivity contribution in [3.8, 4) is 11.5 Å². The summed E-state index contributed by atoms with van der Waals surface area (Å²) in [7, 11) is 0. The first-order valence-electron chi connectivity index (χ1n) is 10.1. The van der Waals surface area contributed by atoms with Gasteiger partial charge in [-0.25, -0.2) is 0 Å². The number of rotatable bonds is 11. The molecule has 172 valence electrons. The number of ether oxygens (including phenoxy) is 3. The zero-order valence-electron chi connectivity index (χ0n) is 18.5. The third kappa shape index (κ3) is 9.17. The third-order valence-corrected chi connectivity index (χ3v) is 4.47. The van der Waals surface area contributed by atoms with Gasteiger partial charge < -0.3 is 25.1 Å². The number of carboxylic acids is 1. The Hall–Kier alpha value is -2.94. The van der Waals surface area contributed by atoms with Crippen LogP contribution in [-0.2, 0) is 23.9 Å². The Balaban J connectivity index is 3.14. The summed E-state index contributed by atoms with van der Waals surface area (Å²) in [6.07, 6.45) is 0.492. The molecule has 0 amide bonds. The number of hydrogen-bond donors (Lipinski definition) is 2. The normalized spacial score (nSPS) is 13.8. The SMILES string of the molecule is CC(=O)Oc1ccc(C(CC(C)OC(=O)CCC(C)C)[C@H](N)C(=O)O)cc1OC(C)=O. The lowest BCUT2D eigenvalue weighted by molar-refractivity contribution is -0.149. The molecule has 1 rings (SSSR count). The standard InChI is InChI=1S/C22H31NO8/c1-12(2)6-9-20(26)29-13(3)10-17(21(23)22(27)28)16-7-8-18(30-14(4)24)19(11-16)31-15(5)25/h7-8,11-13,17,21H,6,9-10,23H2,1-5H3,(H,27,28)/t13?,17?,21-/m0/s1. The molecule has 1 aromatic carbocycles. The van der Waals surface area contributed by atoms with Crippen molar-refractivity contribution in [2.45, 2.75) is 71.9 Å². The Kier molecular flexibility index (Phi) is 10.1. The van der Waals surface area contributed by atoms with E-state index in [4.69, 9.17) is 19.9 Å². The fraction of sp³-hybridized carbons (Fsp3) is 0.545. The lowest BCUT2D eigenvalue weighted by Gasteiger charge is -2.25. The quantitative estimate of drug-likeness (QED) is 0.394. The van der Waals surface area contributed by atoms with Crippen molar-refractivity contribution < 1.29 is 38.5 Å². The minimum atomic E-state index is -1.30. The Labute approximate surface area is 181 Å². The summed E-state index contributed by atoms with van der Waals surface area (Å²) in [5.74, 6) is -3.28. The van der Waals surface area contributed by atoms with Gasteiger partial charge in [-0.2, -0.15) is 0 Å². The maximum atomic E-state index is 12.0. The molecule has 31 heavy (non-hydrogen) atoms. The van der Waals surface area contributed by atoms with Crippen LogP contribution in [0.2, 0.25) is 0 Å². The molecule has 0 radical (unpaired) electrons. The lowest BCUT2D eigenvalue weighted by Crippen LogP contribution is -2.38. The zero-order chi connectivity index (χ0) is 23.7. The highest BCUT2D eigenvalue weighted by Crippen LogP contribution is 2.34. The fourth-order valence-corrected chi connectivity index (χ4v) is 2.99. The van der Waals surface area contributed by atoms with Gasteiger partial charge in [0.25, 0.3) is 0 Å². The molecule has 1 aromatic rings. The molecule has 0 aliphatic heterocycles. The van der Waals surface area contributed by atoms with Gasteiger partial charge in [-0.15, -0.1) is 0 Å². The lowest BCUT2D eigenvalue weighted by atomic mass is 9.87. The molecule has 0 spiro atoms. The summed E-state index contributed by atoms with van der Waals surface area (Å²) in [6, 6.07) is 3.03. The van der Waals surface area contributed by atoms with E-state index in [1.54, 1.807) is 6.92 Å². The van der Waals surface area contributed by atoms with Gasteiger partial charge in [0.2, 0.25) is 0 Å². The number of carbonyl (C=O) groups is 4.